The minimum atomic E-state index is 0.452. The van der Waals surface area contributed by atoms with E-state index in [-0.39, 0.29) is 0 Å². The van der Waals surface area contributed by atoms with Crippen molar-refractivity contribution in [2.24, 2.45) is 0 Å². The summed E-state index contributed by atoms with van der Waals surface area (Å²) in [6, 6.07) is 7.67. The molecule has 0 aromatic heterocycles. The lowest BCUT2D eigenvalue weighted by atomic mass is 10.0. The number of phenols is 1. The van der Waals surface area contributed by atoms with Crippen LogP contribution < -0.4 is 0 Å². The summed E-state index contributed by atoms with van der Waals surface area (Å²) in [5.41, 5.74) is 1.09. The van der Waals surface area contributed by atoms with E-state index in [2.05, 4.69) is 19.8 Å². The third-order valence-electron chi connectivity index (χ3n) is 3.04. The Morgan fingerprint density at radius 2 is 1.44 bits per heavy atom. The van der Waals surface area contributed by atoms with E-state index in [0.29, 0.717) is 5.75 Å². The second-order valence-electron chi connectivity index (χ2n) is 4.50. The minimum absolute atomic E-state index is 0.452. The van der Waals surface area contributed by atoms with Gasteiger partial charge in [-0.1, -0.05) is 63.6 Å². The van der Waals surface area contributed by atoms with Gasteiger partial charge < -0.3 is 5.11 Å². The quantitative estimate of drug-likeness (QED) is 0.509. The van der Waals surface area contributed by atoms with E-state index in [1.807, 2.05) is 18.2 Å². The molecule has 0 aliphatic heterocycles. The number of phenolic OH excluding ortho intramolecular Hbond substituents is 1. The van der Waals surface area contributed by atoms with Crippen LogP contribution in [0, 0.1) is 12.8 Å². The van der Waals surface area contributed by atoms with Crippen molar-refractivity contribution in [3.05, 3.63) is 29.8 Å². The van der Waals surface area contributed by atoms with Crippen LogP contribution >= 0.6 is 0 Å². The largest absolute Gasteiger partial charge is 0.508 e. The Labute approximate surface area is 112 Å². The van der Waals surface area contributed by atoms with Gasteiger partial charge >= 0.3 is 0 Å². The molecule has 0 aliphatic carbocycles. The van der Waals surface area contributed by atoms with Crippen molar-refractivity contribution in [2.75, 3.05) is 0 Å². The number of hydrogen-bond donors (Lipinski definition) is 1. The van der Waals surface area contributed by atoms with Crippen LogP contribution in [0.2, 0.25) is 0 Å². The maximum Gasteiger partial charge on any atom is 0.118 e. The second-order valence-corrected chi connectivity index (χ2v) is 4.50. The Bertz CT molecular complexity index is 314. The maximum absolute atomic E-state index is 9.58. The van der Waals surface area contributed by atoms with Crippen molar-refractivity contribution in [3.63, 3.8) is 0 Å². The lowest BCUT2D eigenvalue weighted by Gasteiger charge is -2.04. The highest BCUT2D eigenvalue weighted by Crippen LogP contribution is 2.18. The van der Waals surface area contributed by atoms with Crippen LogP contribution in [0.5, 0.6) is 5.75 Å². The molecule has 0 aliphatic rings. The highest BCUT2D eigenvalue weighted by Gasteiger charge is 1.98. The van der Waals surface area contributed by atoms with Gasteiger partial charge in [0, 0.05) is 0 Å². The van der Waals surface area contributed by atoms with Crippen LogP contribution in [0.4, 0.5) is 0 Å². The van der Waals surface area contributed by atoms with Gasteiger partial charge in [0.25, 0.3) is 0 Å². The molecule has 0 radical (unpaired) electrons. The van der Waals surface area contributed by atoms with E-state index in [4.69, 9.17) is 0 Å². The van der Waals surface area contributed by atoms with Gasteiger partial charge in [0.2, 0.25) is 0 Å². The third kappa shape index (κ3) is 7.79. The number of benzene rings is 1. The molecule has 1 aromatic rings. The Hall–Kier alpha value is -1.42. The molecule has 0 fully saturated rings. The van der Waals surface area contributed by atoms with E-state index in [9.17, 15) is 5.11 Å². The van der Waals surface area contributed by atoms with E-state index < -0.39 is 0 Å². The number of aryl methyl sites for hydroxylation is 1. The summed E-state index contributed by atoms with van der Waals surface area (Å²) in [4.78, 5) is 0. The molecule has 0 spiro atoms. The molecule has 100 valence electrons. The highest BCUT2D eigenvalue weighted by atomic mass is 16.3. The average molecular weight is 246 g/mol. The van der Waals surface area contributed by atoms with Crippen molar-refractivity contribution in [1.29, 1.82) is 0 Å². The lowest BCUT2D eigenvalue weighted by molar-refractivity contribution is 0.466. The van der Waals surface area contributed by atoms with Crippen LogP contribution in [0.25, 0.3) is 0 Å². The van der Waals surface area contributed by atoms with Crippen molar-refractivity contribution in [1.82, 2.24) is 0 Å². The molecule has 0 saturated heterocycles. The lowest BCUT2D eigenvalue weighted by Crippen LogP contribution is -1.87. The molecular weight excluding hydrogens is 220 g/mol. The fourth-order valence-corrected chi connectivity index (χ4v) is 1.99. The minimum Gasteiger partial charge on any atom is -0.508 e. The smallest absolute Gasteiger partial charge is 0.118 e. The number of unbranched alkanes of at least 4 members (excludes halogenated alkanes) is 6. The van der Waals surface area contributed by atoms with Crippen molar-refractivity contribution in [2.45, 2.75) is 58.3 Å². The van der Waals surface area contributed by atoms with Crippen LogP contribution in [-0.2, 0) is 6.42 Å². The zero-order chi connectivity index (χ0) is 13.6. The summed E-state index contributed by atoms with van der Waals surface area (Å²) in [5.74, 6) is 0.452. The topological polar surface area (TPSA) is 20.2 Å². The fraction of sp³-hybridized carbons (Fsp3) is 0.529. The summed E-state index contributed by atoms with van der Waals surface area (Å²) in [7, 11) is 0. The van der Waals surface area contributed by atoms with Crippen LogP contribution in [-0.4, -0.2) is 5.11 Å². The van der Waals surface area contributed by atoms with Gasteiger partial charge in [-0.05, 0) is 24.5 Å². The monoisotopic (exact) mass is 246 g/mol. The zero-order valence-electron chi connectivity index (χ0n) is 11.6. The molecule has 1 aromatic carbocycles. The molecule has 0 saturated carbocycles. The van der Waals surface area contributed by atoms with Gasteiger partial charge in [-0.2, -0.15) is 0 Å². The standard InChI is InChI=1S/C15H24O.C2H2/c1-2-3-4-5-6-7-8-11-14-12-9-10-13-15(14)16;1-2/h9-10,12-13,16H,2-8,11H2,1H3;1-2H. The molecule has 0 amide bonds. The first kappa shape index (κ1) is 16.6. The summed E-state index contributed by atoms with van der Waals surface area (Å²) in [6.07, 6.45) is 18.3. The van der Waals surface area contributed by atoms with Gasteiger partial charge in [0.05, 0.1) is 0 Å². The SMILES string of the molecule is C#C.CCCCCCCCCc1ccccc1O. The Balaban J connectivity index is 0.00000137. The van der Waals surface area contributed by atoms with E-state index in [0.717, 1.165) is 12.0 Å². The van der Waals surface area contributed by atoms with Crippen LogP contribution in [0.3, 0.4) is 0 Å². The van der Waals surface area contributed by atoms with Gasteiger partial charge in [-0.3, -0.25) is 0 Å². The number of terminal acetylenes is 1. The molecule has 0 bridgehead atoms. The van der Waals surface area contributed by atoms with Gasteiger partial charge in [0.1, 0.15) is 5.75 Å². The first-order valence-electron chi connectivity index (χ1n) is 6.94. The van der Waals surface area contributed by atoms with E-state index in [1.54, 1.807) is 6.07 Å². The molecule has 18 heavy (non-hydrogen) atoms. The molecule has 0 unspecified atom stereocenters. The average Bonchev–Trinajstić information content (AvgIpc) is 2.42. The number of hydrogen-bond acceptors (Lipinski definition) is 1. The molecule has 1 nitrogen and oxygen atoms in total. The van der Waals surface area contributed by atoms with Gasteiger partial charge in [-0.15, -0.1) is 12.8 Å². The van der Waals surface area contributed by atoms with Crippen LogP contribution in [0.1, 0.15) is 57.4 Å². The van der Waals surface area contributed by atoms with E-state index in [1.165, 1.54) is 44.9 Å². The van der Waals surface area contributed by atoms with Gasteiger partial charge in [-0.25, -0.2) is 0 Å². The highest BCUT2D eigenvalue weighted by molar-refractivity contribution is 5.31. The molecule has 0 atom stereocenters. The molecule has 0 heterocycles. The van der Waals surface area contributed by atoms with Gasteiger partial charge in [0.15, 0.2) is 0 Å². The Morgan fingerprint density at radius 1 is 0.889 bits per heavy atom. The van der Waals surface area contributed by atoms with Crippen molar-refractivity contribution in [3.8, 4) is 18.6 Å². The molecular formula is C17H26O. The normalized spacial score (nSPS) is 9.50. The third-order valence-corrected chi connectivity index (χ3v) is 3.04. The number of para-hydroxylation sites is 1. The van der Waals surface area contributed by atoms with Crippen LogP contribution in [0.15, 0.2) is 24.3 Å². The molecule has 1 N–H and O–H groups in total. The first-order valence-corrected chi connectivity index (χ1v) is 6.94. The van der Waals surface area contributed by atoms with E-state index >= 15 is 0 Å². The summed E-state index contributed by atoms with van der Waals surface area (Å²) < 4.78 is 0. The summed E-state index contributed by atoms with van der Waals surface area (Å²) in [6.45, 7) is 2.25. The predicted molar refractivity (Wildman–Crippen MR) is 79.7 cm³/mol. The predicted octanol–water partition coefficient (Wildman–Crippen LogP) is 4.93. The summed E-state index contributed by atoms with van der Waals surface area (Å²) >= 11 is 0. The maximum atomic E-state index is 9.58. The molecule has 1 rings (SSSR count). The summed E-state index contributed by atoms with van der Waals surface area (Å²) in [5, 5.41) is 9.58. The number of rotatable bonds is 8. The number of aromatic hydroxyl groups is 1. The molecule has 1 heteroatoms. The Morgan fingerprint density at radius 3 is 2.06 bits per heavy atom. The van der Waals surface area contributed by atoms with Crippen molar-refractivity contribution >= 4 is 0 Å². The second kappa shape index (κ2) is 12.0. The zero-order valence-corrected chi connectivity index (χ0v) is 11.6. The fourth-order valence-electron chi connectivity index (χ4n) is 1.99. The Kier molecular flexibility index (Phi) is 11.1. The van der Waals surface area contributed by atoms with Crippen molar-refractivity contribution < 1.29 is 5.11 Å². The first-order chi connectivity index (χ1) is 8.84.